The Bertz CT molecular complexity index is 548. The first kappa shape index (κ1) is 14.6. The minimum Gasteiger partial charge on any atom is -0.491 e. The van der Waals surface area contributed by atoms with Crippen LogP contribution in [0, 0.1) is 0 Å². The Morgan fingerprint density at radius 3 is 2.25 bits per heavy atom. The van der Waals surface area contributed by atoms with Crippen molar-refractivity contribution in [3.05, 3.63) is 65.7 Å². The normalized spacial score (nSPS) is 14.1. The topological polar surface area (TPSA) is 29.5 Å². The number of rotatable bonds is 5. The summed E-state index contributed by atoms with van der Waals surface area (Å²) in [4.78, 5) is 0. The van der Waals surface area contributed by atoms with Gasteiger partial charge in [0.15, 0.2) is 0 Å². The summed E-state index contributed by atoms with van der Waals surface area (Å²) < 4.78 is 5.72. The minimum atomic E-state index is -0.975. The molecule has 0 aliphatic rings. The Labute approximate surface area is 121 Å². The van der Waals surface area contributed by atoms with Crippen molar-refractivity contribution in [2.45, 2.75) is 38.9 Å². The van der Waals surface area contributed by atoms with Gasteiger partial charge in [0.25, 0.3) is 0 Å². The van der Waals surface area contributed by atoms with Crippen molar-refractivity contribution >= 4 is 0 Å². The molecule has 106 valence electrons. The highest BCUT2D eigenvalue weighted by atomic mass is 16.5. The summed E-state index contributed by atoms with van der Waals surface area (Å²) >= 11 is 0. The molecule has 0 saturated carbocycles. The van der Waals surface area contributed by atoms with Crippen LogP contribution in [0.25, 0.3) is 0 Å². The molecule has 0 bridgehead atoms. The second kappa shape index (κ2) is 6.10. The predicted molar refractivity (Wildman–Crippen MR) is 81.9 cm³/mol. The highest BCUT2D eigenvalue weighted by Gasteiger charge is 2.29. The van der Waals surface area contributed by atoms with Gasteiger partial charge in [0.1, 0.15) is 11.4 Å². The standard InChI is InChI=1S/C18H22O2/c1-4-18(19,15-9-6-5-7-10-15)16-11-8-12-17(13-16)20-14(2)3/h5-14,19H,4H2,1-3H3. The van der Waals surface area contributed by atoms with E-state index in [9.17, 15) is 5.11 Å². The van der Waals surface area contributed by atoms with Crippen molar-refractivity contribution in [1.82, 2.24) is 0 Å². The van der Waals surface area contributed by atoms with E-state index in [4.69, 9.17) is 4.74 Å². The van der Waals surface area contributed by atoms with E-state index in [-0.39, 0.29) is 6.10 Å². The van der Waals surface area contributed by atoms with E-state index in [0.29, 0.717) is 6.42 Å². The Morgan fingerprint density at radius 2 is 1.65 bits per heavy atom. The maximum absolute atomic E-state index is 11.1. The molecule has 1 unspecified atom stereocenters. The highest BCUT2D eigenvalue weighted by molar-refractivity contribution is 5.39. The summed E-state index contributed by atoms with van der Waals surface area (Å²) in [5.41, 5.74) is 0.797. The Balaban J connectivity index is 2.41. The lowest BCUT2D eigenvalue weighted by atomic mass is 9.84. The third kappa shape index (κ3) is 3.02. The fourth-order valence-electron chi connectivity index (χ4n) is 2.39. The summed E-state index contributed by atoms with van der Waals surface area (Å²) in [5.74, 6) is 0.792. The molecular weight excluding hydrogens is 248 g/mol. The van der Waals surface area contributed by atoms with E-state index < -0.39 is 5.60 Å². The quantitative estimate of drug-likeness (QED) is 0.885. The van der Waals surface area contributed by atoms with Gasteiger partial charge in [-0.3, -0.25) is 0 Å². The van der Waals surface area contributed by atoms with Gasteiger partial charge in [-0.05, 0) is 43.5 Å². The van der Waals surface area contributed by atoms with Gasteiger partial charge in [-0.15, -0.1) is 0 Å². The van der Waals surface area contributed by atoms with Crippen molar-refractivity contribution in [2.75, 3.05) is 0 Å². The lowest BCUT2D eigenvalue weighted by molar-refractivity contribution is 0.0760. The Morgan fingerprint density at radius 1 is 1.00 bits per heavy atom. The number of aliphatic hydroxyl groups is 1. The lowest BCUT2D eigenvalue weighted by Gasteiger charge is -2.28. The minimum absolute atomic E-state index is 0.122. The molecular formula is C18H22O2. The van der Waals surface area contributed by atoms with Crippen LogP contribution in [0.2, 0.25) is 0 Å². The predicted octanol–water partition coefficient (Wildman–Crippen LogP) is 4.12. The van der Waals surface area contributed by atoms with Crippen LogP contribution in [-0.2, 0) is 5.60 Å². The zero-order valence-electron chi connectivity index (χ0n) is 12.3. The van der Waals surface area contributed by atoms with E-state index in [1.807, 2.05) is 75.4 Å². The Hall–Kier alpha value is -1.80. The van der Waals surface area contributed by atoms with Gasteiger partial charge in [-0.25, -0.2) is 0 Å². The largest absolute Gasteiger partial charge is 0.491 e. The van der Waals surface area contributed by atoms with Gasteiger partial charge in [0, 0.05) is 0 Å². The van der Waals surface area contributed by atoms with Crippen molar-refractivity contribution in [2.24, 2.45) is 0 Å². The first-order chi connectivity index (χ1) is 9.56. The van der Waals surface area contributed by atoms with Crippen LogP contribution >= 0.6 is 0 Å². The fraction of sp³-hybridized carbons (Fsp3) is 0.333. The number of hydrogen-bond acceptors (Lipinski definition) is 2. The van der Waals surface area contributed by atoms with Gasteiger partial charge < -0.3 is 9.84 Å². The second-order valence-corrected chi connectivity index (χ2v) is 5.27. The molecule has 0 amide bonds. The third-order valence-electron chi connectivity index (χ3n) is 3.45. The number of hydrogen-bond donors (Lipinski definition) is 1. The molecule has 1 N–H and O–H groups in total. The molecule has 0 aromatic heterocycles. The molecule has 2 rings (SSSR count). The van der Waals surface area contributed by atoms with Gasteiger partial charge in [-0.2, -0.15) is 0 Å². The maximum atomic E-state index is 11.1. The van der Waals surface area contributed by atoms with E-state index >= 15 is 0 Å². The molecule has 0 aliphatic carbocycles. The van der Waals surface area contributed by atoms with E-state index in [1.165, 1.54) is 0 Å². The second-order valence-electron chi connectivity index (χ2n) is 5.27. The van der Waals surface area contributed by atoms with Gasteiger partial charge in [-0.1, -0.05) is 49.4 Å². The average Bonchev–Trinajstić information content (AvgIpc) is 2.47. The highest BCUT2D eigenvalue weighted by Crippen LogP contribution is 2.34. The lowest BCUT2D eigenvalue weighted by Crippen LogP contribution is -2.26. The van der Waals surface area contributed by atoms with E-state index in [2.05, 4.69) is 0 Å². The first-order valence-electron chi connectivity index (χ1n) is 7.11. The van der Waals surface area contributed by atoms with Crippen LogP contribution in [0.3, 0.4) is 0 Å². The molecule has 1 atom stereocenters. The zero-order valence-corrected chi connectivity index (χ0v) is 12.3. The van der Waals surface area contributed by atoms with Gasteiger partial charge >= 0.3 is 0 Å². The average molecular weight is 270 g/mol. The number of benzene rings is 2. The molecule has 2 heteroatoms. The molecule has 0 aliphatic heterocycles. The van der Waals surface area contributed by atoms with Crippen LogP contribution in [0.5, 0.6) is 5.75 Å². The summed E-state index contributed by atoms with van der Waals surface area (Å²) in [6.07, 6.45) is 0.735. The molecule has 2 aromatic carbocycles. The summed E-state index contributed by atoms with van der Waals surface area (Å²) in [6, 6.07) is 17.5. The number of ether oxygens (including phenoxy) is 1. The fourth-order valence-corrected chi connectivity index (χ4v) is 2.39. The smallest absolute Gasteiger partial charge is 0.120 e. The van der Waals surface area contributed by atoms with Crippen LogP contribution in [0.15, 0.2) is 54.6 Å². The van der Waals surface area contributed by atoms with Crippen molar-refractivity contribution in [3.8, 4) is 5.75 Å². The molecule has 20 heavy (non-hydrogen) atoms. The maximum Gasteiger partial charge on any atom is 0.120 e. The zero-order chi connectivity index (χ0) is 14.6. The van der Waals surface area contributed by atoms with E-state index in [1.54, 1.807) is 0 Å². The van der Waals surface area contributed by atoms with Gasteiger partial charge in [0.2, 0.25) is 0 Å². The monoisotopic (exact) mass is 270 g/mol. The summed E-state index contributed by atoms with van der Waals surface area (Å²) in [5, 5.41) is 11.1. The Kier molecular flexibility index (Phi) is 4.46. The molecule has 2 nitrogen and oxygen atoms in total. The van der Waals surface area contributed by atoms with Crippen molar-refractivity contribution in [3.63, 3.8) is 0 Å². The summed E-state index contributed by atoms with van der Waals surface area (Å²) in [6.45, 7) is 5.98. The molecule has 0 heterocycles. The molecule has 0 radical (unpaired) electrons. The summed E-state index contributed by atoms with van der Waals surface area (Å²) in [7, 11) is 0. The van der Waals surface area contributed by atoms with Crippen molar-refractivity contribution < 1.29 is 9.84 Å². The van der Waals surface area contributed by atoms with Crippen LogP contribution < -0.4 is 4.74 Å². The van der Waals surface area contributed by atoms with Crippen LogP contribution in [0.4, 0.5) is 0 Å². The van der Waals surface area contributed by atoms with Crippen LogP contribution in [0.1, 0.15) is 38.3 Å². The van der Waals surface area contributed by atoms with Crippen molar-refractivity contribution in [1.29, 1.82) is 0 Å². The molecule has 2 aromatic rings. The SMILES string of the molecule is CCC(O)(c1ccccc1)c1cccc(OC(C)C)c1. The first-order valence-corrected chi connectivity index (χ1v) is 7.11. The molecule has 0 spiro atoms. The van der Waals surface area contributed by atoms with E-state index in [0.717, 1.165) is 16.9 Å². The van der Waals surface area contributed by atoms with Gasteiger partial charge in [0.05, 0.1) is 6.10 Å². The van der Waals surface area contributed by atoms with Crippen LogP contribution in [-0.4, -0.2) is 11.2 Å². The third-order valence-corrected chi connectivity index (χ3v) is 3.45. The molecule has 0 saturated heterocycles. The molecule has 0 fully saturated rings.